The number of morpholine rings is 1. The molecule has 2 saturated heterocycles. The molecule has 2 aromatic rings. The van der Waals surface area contributed by atoms with Gasteiger partial charge >= 0.3 is 5.97 Å². The quantitative estimate of drug-likeness (QED) is 0.199. The number of nitrogens with zero attached hydrogens (tertiary/aromatic N) is 2. The fourth-order valence-electron chi connectivity index (χ4n) is 3.59. The van der Waals surface area contributed by atoms with Crippen molar-refractivity contribution >= 4 is 63.5 Å². The number of esters is 1. The number of carbonyl (C=O) groups excluding carboxylic acids is 4. The third-order valence-corrected chi connectivity index (χ3v) is 7.07. The van der Waals surface area contributed by atoms with E-state index >= 15 is 0 Å². The molecule has 0 saturated carbocycles. The van der Waals surface area contributed by atoms with Crippen LogP contribution in [-0.4, -0.2) is 72.3 Å². The van der Waals surface area contributed by atoms with Crippen LogP contribution in [0.4, 0.5) is 4.79 Å². The lowest BCUT2D eigenvalue weighted by Gasteiger charge is -2.28. The highest BCUT2D eigenvalue weighted by Crippen LogP contribution is 2.38. The van der Waals surface area contributed by atoms with Crippen molar-refractivity contribution in [1.29, 1.82) is 0 Å². The maximum absolute atomic E-state index is 12.9. The number of hydrogen-bond donors (Lipinski definition) is 0. The summed E-state index contributed by atoms with van der Waals surface area (Å²) in [7, 11) is 0. The molecule has 2 fully saturated rings. The number of thioether (sulfide) groups is 1. The Morgan fingerprint density at radius 1 is 1.14 bits per heavy atom. The van der Waals surface area contributed by atoms with E-state index in [0.29, 0.717) is 53.4 Å². The number of ether oxygens (including phenoxy) is 3. The Balaban J connectivity index is 1.53. The summed E-state index contributed by atoms with van der Waals surface area (Å²) in [6, 6.07) is 12.0. The van der Waals surface area contributed by atoms with E-state index < -0.39 is 17.1 Å². The molecule has 2 aliphatic rings. The molecular weight excluding hydrogens is 599 g/mol. The molecule has 4 rings (SSSR count). The largest absolute Gasteiger partial charge is 0.490 e. The van der Waals surface area contributed by atoms with E-state index in [0.717, 1.165) is 16.7 Å². The summed E-state index contributed by atoms with van der Waals surface area (Å²) < 4.78 is 17.2. The summed E-state index contributed by atoms with van der Waals surface area (Å²) in [6.07, 6.45) is 1.57. The minimum absolute atomic E-state index is 0.196. The number of hydrogen-bond acceptors (Lipinski definition) is 8. The first-order valence-electron chi connectivity index (χ1n) is 11.2. The maximum atomic E-state index is 12.9. The van der Waals surface area contributed by atoms with Crippen molar-refractivity contribution in [2.75, 3.05) is 39.5 Å². The maximum Gasteiger partial charge on any atom is 0.343 e. The Morgan fingerprint density at radius 2 is 1.86 bits per heavy atom. The summed E-state index contributed by atoms with van der Waals surface area (Å²) in [4.78, 5) is 53.3. The molecule has 0 aromatic heterocycles. The highest BCUT2D eigenvalue weighted by molar-refractivity contribution is 14.1. The molecule has 0 atom stereocenters. The molecule has 2 aliphatic heterocycles. The SMILES string of the molecule is CCOc1cc(/C=C2\SC(=O)N(CC(=O)N3CCOCC3)C2=O)cc(I)c1OC(=O)c1ccccc1. The predicted octanol–water partition coefficient (Wildman–Crippen LogP) is 3.80. The van der Waals surface area contributed by atoms with Crippen LogP contribution in [0.25, 0.3) is 6.08 Å². The monoisotopic (exact) mass is 622 g/mol. The molecule has 9 nitrogen and oxygen atoms in total. The number of halogens is 1. The Bertz CT molecular complexity index is 1210. The van der Waals surface area contributed by atoms with E-state index in [2.05, 4.69) is 0 Å². The Kier molecular flexibility index (Phi) is 8.64. The van der Waals surface area contributed by atoms with Gasteiger partial charge in [-0.05, 0) is 77.2 Å². The molecule has 11 heteroatoms. The van der Waals surface area contributed by atoms with E-state index in [9.17, 15) is 19.2 Å². The standard InChI is InChI=1S/C25H23IN2O7S/c1-2-34-19-13-16(12-18(26)22(19)35-24(31)17-6-4-3-5-7-17)14-20-23(30)28(25(32)36-20)15-21(29)27-8-10-33-11-9-27/h3-7,12-14H,2,8-11,15H2,1H3/b20-14-. The van der Waals surface area contributed by atoms with Gasteiger partial charge in [0.1, 0.15) is 6.54 Å². The fraction of sp³-hybridized carbons (Fsp3) is 0.280. The second-order valence-electron chi connectivity index (χ2n) is 7.78. The van der Waals surface area contributed by atoms with Gasteiger partial charge in [0.05, 0.1) is 33.9 Å². The Hall–Kier alpha value is -2.90. The van der Waals surface area contributed by atoms with Gasteiger partial charge in [-0.3, -0.25) is 19.3 Å². The molecule has 0 aliphatic carbocycles. The summed E-state index contributed by atoms with van der Waals surface area (Å²) >= 11 is 2.81. The van der Waals surface area contributed by atoms with Crippen molar-refractivity contribution in [1.82, 2.24) is 9.80 Å². The van der Waals surface area contributed by atoms with Crippen LogP contribution < -0.4 is 9.47 Å². The highest BCUT2D eigenvalue weighted by atomic mass is 127. The van der Waals surface area contributed by atoms with E-state index in [4.69, 9.17) is 14.2 Å². The van der Waals surface area contributed by atoms with Gasteiger partial charge in [-0.15, -0.1) is 0 Å². The predicted molar refractivity (Wildman–Crippen MR) is 142 cm³/mol. The van der Waals surface area contributed by atoms with E-state index in [-0.39, 0.29) is 23.1 Å². The summed E-state index contributed by atoms with van der Waals surface area (Å²) in [5.74, 6) is -0.735. The lowest BCUT2D eigenvalue weighted by molar-refractivity contribution is -0.139. The molecule has 0 unspecified atom stereocenters. The molecule has 188 valence electrons. The molecule has 0 bridgehead atoms. The van der Waals surface area contributed by atoms with Crippen LogP contribution in [0.1, 0.15) is 22.8 Å². The molecule has 0 radical (unpaired) electrons. The van der Waals surface area contributed by atoms with Gasteiger partial charge in [-0.2, -0.15) is 0 Å². The van der Waals surface area contributed by atoms with Gasteiger partial charge in [0, 0.05) is 13.1 Å². The van der Waals surface area contributed by atoms with Crippen molar-refractivity contribution in [3.8, 4) is 11.5 Å². The second kappa shape index (κ2) is 11.9. The molecule has 2 heterocycles. The van der Waals surface area contributed by atoms with E-state index in [1.807, 2.05) is 22.6 Å². The Labute approximate surface area is 225 Å². The van der Waals surface area contributed by atoms with E-state index in [1.165, 1.54) is 0 Å². The van der Waals surface area contributed by atoms with Gasteiger partial charge < -0.3 is 19.1 Å². The van der Waals surface area contributed by atoms with Crippen molar-refractivity contribution in [2.45, 2.75) is 6.92 Å². The van der Waals surface area contributed by atoms with Crippen LogP contribution in [0, 0.1) is 3.57 Å². The zero-order chi connectivity index (χ0) is 25.7. The number of benzene rings is 2. The zero-order valence-corrected chi connectivity index (χ0v) is 22.4. The van der Waals surface area contributed by atoms with Crippen molar-refractivity contribution in [2.24, 2.45) is 0 Å². The lowest BCUT2D eigenvalue weighted by Crippen LogP contribution is -2.46. The van der Waals surface area contributed by atoms with Crippen LogP contribution in [0.15, 0.2) is 47.4 Å². The van der Waals surface area contributed by atoms with Gasteiger partial charge in [0.15, 0.2) is 11.5 Å². The topological polar surface area (TPSA) is 102 Å². The number of rotatable bonds is 7. The van der Waals surface area contributed by atoms with Gasteiger partial charge in [0.25, 0.3) is 11.1 Å². The summed E-state index contributed by atoms with van der Waals surface area (Å²) in [5.41, 5.74) is 0.993. The molecular formula is C25H23IN2O7S. The first-order chi connectivity index (χ1) is 17.4. The average Bonchev–Trinajstić information content (AvgIpc) is 3.14. The smallest absolute Gasteiger partial charge is 0.343 e. The normalized spacial score (nSPS) is 17.0. The lowest BCUT2D eigenvalue weighted by atomic mass is 10.1. The third kappa shape index (κ3) is 6.08. The average molecular weight is 622 g/mol. The van der Waals surface area contributed by atoms with Crippen molar-refractivity contribution in [3.63, 3.8) is 0 Å². The second-order valence-corrected chi connectivity index (χ2v) is 9.93. The first-order valence-corrected chi connectivity index (χ1v) is 13.1. The van der Waals surface area contributed by atoms with Crippen LogP contribution in [-0.2, 0) is 14.3 Å². The number of carbonyl (C=O) groups is 4. The van der Waals surface area contributed by atoms with Crippen molar-refractivity contribution in [3.05, 3.63) is 62.1 Å². The Morgan fingerprint density at radius 3 is 2.56 bits per heavy atom. The summed E-state index contributed by atoms with van der Waals surface area (Å²) in [5, 5.41) is -0.499. The minimum atomic E-state index is -0.529. The molecule has 0 N–H and O–H groups in total. The van der Waals surface area contributed by atoms with Gasteiger partial charge in [-0.1, -0.05) is 18.2 Å². The van der Waals surface area contributed by atoms with Crippen LogP contribution in [0.5, 0.6) is 11.5 Å². The number of amides is 3. The first kappa shape index (κ1) is 26.2. The third-order valence-electron chi connectivity index (χ3n) is 5.36. The molecule has 36 heavy (non-hydrogen) atoms. The highest BCUT2D eigenvalue weighted by Gasteiger charge is 2.37. The fourth-order valence-corrected chi connectivity index (χ4v) is 5.17. The van der Waals surface area contributed by atoms with Crippen LogP contribution >= 0.6 is 34.4 Å². The molecule has 0 spiro atoms. The zero-order valence-electron chi connectivity index (χ0n) is 19.4. The molecule has 2 aromatic carbocycles. The van der Waals surface area contributed by atoms with Crippen LogP contribution in [0.2, 0.25) is 0 Å². The van der Waals surface area contributed by atoms with Gasteiger partial charge in [0.2, 0.25) is 5.91 Å². The number of imide groups is 1. The van der Waals surface area contributed by atoms with E-state index in [1.54, 1.807) is 60.4 Å². The minimum Gasteiger partial charge on any atom is -0.490 e. The molecule has 3 amide bonds. The van der Waals surface area contributed by atoms with Crippen molar-refractivity contribution < 1.29 is 33.4 Å². The van der Waals surface area contributed by atoms with Gasteiger partial charge in [-0.25, -0.2) is 4.79 Å². The summed E-state index contributed by atoms with van der Waals surface area (Å²) in [6.45, 7) is 3.57. The van der Waals surface area contributed by atoms with Crippen LogP contribution in [0.3, 0.4) is 0 Å².